The van der Waals surface area contributed by atoms with Crippen LogP contribution in [-0.2, 0) is 11.3 Å². The second kappa shape index (κ2) is 9.61. The van der Waals surface area contributed by atoms with E-state index in [1.807, 2.05) is 37.3 Å². The van der Waals surface area contributed by atoms with Crippen molar-refractivity contribution in [1.82, 2.24) is 9.88 Å². The molecule has 0 saturated carbocycles. The van der Waals surface area contributed by atoms with Crippen LogP contribution in [0.5, 0.6) is 0 Å². The van der Waals surface area contributed by atoms with Gasteiger partial charge in [0.15, 0.2) is 0 Å². The smallest absolute Gasteiger partial charge is 0.268 e. The molecule has 168 valence electrons. The van der Waals surface area contributed by atoms with Gasteiger partial charge >= 0.3 is 0 Å². The number of aryl methyl sites for hydroxylation is 1. The topological polar surface area (TPSA) is 46.5 Å². The zero-order valence-electron chi connectivity index (χ0n) is 19.5. The third-order valence-electron chi connectivity index (χ3n) is 6.38. The van der Waals surface area contributed by atoms with Crippen molar-refractivity contribution in [2.24, 2.45) is 0 Å². The fourth-order valence-electron chi connectivity index (χ4n) is 4.59. The molecule has 1 aliphatic rings. The largest absolute Gasteiger partial charge is 0.378 e. The number of rotatable bonds is 6. The van der Waals surface area contributed by atoms with Gasteiger partial charge in [-0.05, 0) is 38.8 Å². The summed E-state index contributed by atoms with van der Waals surface area (Å²) in [5, 5.41) is 3.23. The van der Waals surface area contributed by atoms with Crippen molar-refractivity contribution in [3.05, 3.63) is 88.2 Å². The number of morpholine rings is 1. The number of amides is 1. The number of carbonyl (C=O) groups excluding carboxylic acids is 1. The highest BCUT2D eigenvalue weighted by atomic mass is 16.5. The number of nitrogens with zero attached hydrogens (tertiary/aromatic N) is 2. The molecule has 1 fully saturated rings. The number of nitrogens with one attached hydrogen (secondary N) is 1. The van der Waals surface area contributed by atoms with Crippen molar-refractivity contribution >= 4 is 11.6 Å². The fraction of sp³-hybridized carbons (Fsp3) is 0.370. The van der Waals surface area contributed by atoms with Gasteiger partial charge in [0.25, 0.3) is 5.91 Å². The van der Waals surface area contributed by atoms with Crippen LogP contribution < -0.4 is 10.2 Å². The number of hydrogen-bond donors (Lipinski definition) is 1. The van der Waals surface area contributed by atoms with Gasteiger partial charge in [0.1, 0.15) is 5.69 Å². The van der Waals surface area contributed by atoms with Crippen molar-refractivity contribution < 1.29 is 9.53 Å². The maximum atomic E-state index is 13.6. The van der Waals surface area contributed by atoms with E-state index in [0.29, 0.717) is 19.8 Å². The summed E-state index contributed by atoms with van der Waals surface area (Å²) in [6.07, 6.45) is 0. The van der Waals surface area contributed by atoms with E-state index in [2.05, 4.69) is 59.8 Å². The lowest BCUT2D eigenvalue weighted by Gasteiger charge is -2.29. The van der Waals surface area contributed by atoms with Crippen LogP contribution in [0.4, 0.5) is 5.69 Å². The minimum Gasteiger partial charge on any atom is -0.378 e. The summed E-state index contributed by atoms with van der Waals surface area (Å²) in [4.78, 5) is 15.9. The van der Waals surface area contributed by atoms with Gasteiger partial charge in [0.2, 0.25) is 0 Å². The Bertz CT molecular complexity index is 1060. The molecule has 3 aromatic rings. The third kappa shape index (κ3) is 4.58. The van der Waals surface area contributed by atoms with Crippen LogP contribution in [0.15, 0.2) is 54.6 Å². The van der Waals surface area contributed by atoms with Crippen molar-refractivity contribution in [3.8, 4) is 0 Å². The minimum atomic E-state index is -0.0713. The summed E-state index contributed by atoms with van der Waals surface area (Å²) in [6.45, 7) is 12.1. The van der Waals surface area contributed by atoms with Gasteiger partial charge in [-0.1, -0.05) is 60.2 Å². The molecule has 32 heavy (non-hydrogen) atoms. The van der Waals surface area contributed by atoms with Crippen molar-refractivity contribution in [3.63, 3.8) is 0 Å². The number of anilines is 1. The fourth-order valence-corrected chi connectivity index (χ4v) is 4.59. The Hall–Kier alpha value is -3.05. The molecule has 0 bridgehead atoms. The van der Waals surface area contributed by atoms with Crippen LogP contribution in [0.3, 0.4) is 0 Å². The average molecular weight is 432 g/mol. The number of hydrogen-bond acceptors (Lipinski definition) is 3. The molecular weight excluding hydrogens is 398 g/mol. The molecule has 4 rings (SSSR count). The van der Waals surface area contributed by atoms with Crippen molar-refractivity contribution in [2.45, 2.75) is 40.3 Å². The first-order valence-corrected chi connectivity index (χ1v) is 11.4. The molecule has 1 N–H and O–H groups in total. The van der Waals surface area contributed by atoms with Crippen LogP contribution >= 0.6 is 0 Å². The van der Waals surface area contributed by atoms with Crippen LogP contribution in [0, 0.1) is 20.8 Å². The third-order valence-corrected chi connectivity index (χ3v) is 6.38. The molecule has 2 heterocycles. The summed E-state index contributed by atoms with van der Waals surface area (Å²) in [5.41, 5.74) is 7.59. The van der Waals surface area contributed by atoms with Crippen molar-refractivity contribution in [2.75, 3.05) is 31.2 Å². The monoisotopic (exact) mass is 431 g/mol. The zero-order chi connectivity index (χ0) is 22.7. The quantitative estimate of drug-likeness (QED) is 0.610. The molecule has 5 heteroatoms. The SMILES string of the molecule is Cc1ccc(Cn2c(C)c(N3CCOCC3)c(C)c2C(=O)N[C@@H](C)c2ccccc2)cc1. The first-order valence-electron chi connectivity index (χ1n) is 11.4. The highest BCUT2D eigenvalue weighted by Gasteiger charge is 2.27. The normalized spacial score (nSPS) is 14.9. The first kappa shape index (κ1) is 22.2. The second-order valence-electron chi connectivity index (χ2n) is 8.68. The van der Waals surface area contributed by atoms with E-state index in [9.17, 15) is 4.79 Å². The zero-order valence-corrected chi connectivity index (χ0v) is 19.5. The molecule has 1 aliphatic heterocycles. The maximum absolute atomic E-state index is 13.6. The van der Waals surface area contributed by atoms with E-state index in [1.54, 1.807) is 0 Å². The van der Waals surface area contributed by atoms with Crippen molar-refractivity contribution in [1.29, 1.82) is 0 Å². The molecule has 0 aliphatic carbocycles. The van der Waals surface area contributed by atoms with Crippen LogP contribution in [-0.4, -0.2) is 36.8 Å². The number of carbonyl (C=O) groups is 1. The summed E-state index contributed by atoms with van der Waals surface area (Å²) in [5.74, 6) is -0.0337. The molecule has 2 aromatic carbocycles. The van der Waals surface area contributed by atoms with Crippen LogP contribution in [0.1, 0.15) is 51.4 Å². The van der Waals surface area contributed by atoms with Crippen LogP contribution in [0.2, 0.25) is 0 Å². The summed E-state index contributed by atoms with van der Waals surface area (Å²) >= 11 is 0. The molecule has 0 spiro atoms. The van der Waals surface area contributed by atoms with Gasteiger partial charge < -0.3 is 19.5 Å². The highest BCUT2D eigenvalue weighted by Crippen LogP contribution is 2.32. The average Bonchev–Trinajstić information content (AvgIpc) is 3.05. The van der Waals surface area contributed by atoms with E-state index in [-0.39, 0.29) is 11.9 Å². The van der Waals surface area contributed by atoms with E-state index in [1.165, 1.54) is 11.1 Å². The molecule has 5 nitrogen and oxygen atoms in total. The maximum Gasteiger partial charge on any atom is 0.268 e. The predicted molar refractivity (Wildman–Crippen MR) is 130 cm³/mol. The number of benzene rings is 2. The summed E-state index contributed by atoms with van der Waals surface area (Å²) < 4.78 is 7.74. The Morgan fingerprint density at radius 2 is 1.66 bits per heavy atom. The van der Waals surface area contributed by atoms with Gasteiger partial charge in [-0.2, -0.15) is 0 Å². The molecule has 0 radical (unpaired) electrons. The lowest BCUT2D eigenvalue weighted by atomic mass is 10.1. The van der Waals surface area contributed by atoms with E-state index >= 15 is 0 Å². The Kier molecular flexibility index (Phi) is 6.66. The minimum absolute atomic E-state index is 0.0337. The van der Waals surface area contributed by atoms with E-state index < -0.39 is 0 Å². The Labute approximate surface area is 191 Å². The molecule has 1 aromatic heterocycles. The standard InChI is InChI=1S/C27H33N3O2/c1-19-10-12-23(13-11-19)18-30-22(4)25(29-14-16-32-17-15-29)20(2)26(30)27(31)28-21(3)24-8-6-5-7-9-24/h5-13,21H,14-18H2,1-4H3,(H,28,31)/t21-/m0/s1. The second-order valence-corrected chi connectivity index (χ2v) is 8.68. The Morgan fingerprint density at radius 1 is 1.00 bits per heavy atom. The molecule has 1 saturated heterocycles. The lowest BCUT2D eigenvalue weighted by Crippen LogP contribution is -2.36. The lowest BCUT2D eigenvalue weighted by molar-refractivity contribution is 0.0930. The van der Waals surface area contributed by atoms with Gasteiger partial charge in [0, 0.05) is 30.9 Å². The van der Waals surface area contributed by atoms with Crippen LogP contribution in [0.25, 0.3) is 0 Å². The number of ether oxygens (including phenoxy) is 1. The predicted octanol–water partition coefficient (Wildman–Crippen LogP) is 4.79. The Balaban J connectivity index is 1.71. The summed E-state index contributed by atoms with van der Waals surface area (Å²) in [6, 6.07) is 18.6. The molecule has 0 unspecified atom stereocenters. The van der Waals surface area contributed by atoms with Gasteiger partial charge in [0.05, 0.1) is 24.9 Å². The highest BCUT2D eigenvalue weighted by molar-refractivity contribution is 5.97. The van der Waals surface area contributed by atoms with E-state index in [4.69, 9.17) is 4.74 Å². The van der Waals surface area contributed by atoms with Gasteiger partial charge in [-0.15, -0.1) is 0 Å². The number of aromatic nitrogens is 1. The summed E-state index contributed by atoms with van der Waals surface area (Å²) in [7, 11) is 0. The molecule has 1 amide bonds. The molecular formula is C27H33N3O2. The Morgan fingerprint density at radius 3 is 2.31 bits per heavy atom. The van der Waals surface area contributed by atoms with E-state index in [0.717, 1.165) is 41.3 Å². The van der Waals surface area contributed by atoms with Gasteiger partial charge in [-0.3, -0.25) is 4.79 Å². The first-order chi connectivity index (χ1) is 15.5. The molecule has 1 atom stereocenters. The van der Waals surface area contributed by atoms with Gasteiger partial charge in [-0.25, -0.2) is 0 Å².